The van der Waals surface area contributed by atoms with Gasteiger partial charge in [0.15, 0.2) is 0 Å². The molecule has 0 spiro atoms. The van der Waals surface area contributed by atoms with Crippen molar-refractivity contribution in [3.8, 4) is 0 Å². The maximum Gasteiger partial charge on any atom is 0.0241 e. The largest absolute Gasteiger partial charge is 0.330 e. The quantitative estimate of drug-likeness (QED) is 0.876. The molecule has 1 aromatic rings. The van der Waals surface area contributed by atoms with Crippen molar-refractivity contribution in [2.75, 3.05) is 26.7 Å². The van der Waals surface area contributed by atoms with Crippen LogP contribution in [0.2, 0.25) is 0 Å². The molecule has 0 aliphatic carbocycles. The van der Waals surface area contributed by atoms with Crippen molar-refractivity contribution >= 4 is 0 Å². The predicted octanol–water partition coefficient (Wildman–Crippen LogP) is 1.54. The second kappa shape index (κ2) is 6.32. The van der Waals surface area contributed by atoms with Crippen molar-refractivity contribution in [3.05, 3.63) is 35.9 Å². The van der Waals surface area contributed by atoms with Gasteiger partial charge in [-0.2, -0.15) is 0 Å². The number of nitrogens with two attached hydrogens (primary N) is 1. The van der Waals surface area contributed by atoms with Gasteiger partial charge in [0.2, 0.25) is 0 Å². The normalized spacial score (nSPS) is 26.4. The van der Waals surface area contributed by atoms with Crippen LogP contribution in [-0.2, 0) is 6.54 Å². The SMILES string of the molecule is CC1CN(C)CC(CCN)N1Cc1ccccc1. The zero-order chi connectivity index (χ0) is 13.0. The van der Waals surface area contributed by atoms with Crippen molar-refractivity contribution in [3.63, 3.8) is 0 Å². The molecule has 100 valence electrons. The van der Waals surface area contributed by atoms with Gasteiger partial charge in [0.1, 0.15) is 0 Å². The van der Waals surface area contributed by atoms with Gasteiger partial charge < -0.3 is 10.6 Å². The summed E-state index contributed by atoms with van der Waals surface area (Å²) >= 11 is 0. The molecule has 1 fully saturated rings. The standard InChI is InChI=1S/C15H25N3/c1-13-10-17(2)12-15(8-9-16)18(13)11-14-6-4-3-5-7-14/h3-7,13,15H,8-12,16H2,1-2H3. The van der Waals surface area contributed by atoms with Crippen LogP contribution < -0.4 is 5.73 Å². The molecule has 2 N–H and O–H groups in total. The molecule has 0 saturated carbocycles. The van der Waals surface area contributed by atoms with Crippen molar-refractivity contribution in [2.24, 2.45) is 5.73 Å². The number of hydrogen-bond acceptors (Lipinski definition) is 3. The lowest BCUT2D eigenvalue weighted by molar-refractivity contribution is 0.0340. The van der Waals surface area contributed by atoms with Crippen molar-refractivity contribution in [2.45, 2.75) is 32.0 Å². The molecule has 0 bridgehead atoms. The van der Waals surface area contributed by atoms with Crippen LogP contribution in [0.25, 0.3) is 0 Å². The van der Waals surface area contributed by atoms with Crippen molar-refractivity contribution < 1.29 is 0 Å². The van der Waals surface area contributed by atoms with Crippen molar-refractivity contribution in [1.29, 1.82) is 0 Å². The van der Waals surface area contributed by atoms with Crippen molar-refractivity contribution in [1.82, 2.24) is 9.80 Å². The summed E-state index contributed by atoms with van der Waals surface area (Å²) in [6.45, 7) is 6.42. The summed E-state index contributed by atoms with van der Waals surface area (Å²) in [4.78, 5) is 5.04. The van der Waals surface area contributed by atoms with E-state index in [0.717, 1.165) is 32.6 Å². The maximum atomic E-state index is 5.76. The van der Waals surface area contributed by atoms with E-state index in [0.29, 0.717) is 12.1 Å². The van der Waals surface area contributed by atoms with Gasteiger partial charge in [-0.1, -0.05) is 30.3 Å². The van der Waals surface area contributed by atoms with Crippen LogP contribution in [0.1, 0.15) is 18.9 Å². The number of likely N-dealkylation sites (N-methyl/N-ethyl adjacent to an activating group) is 1. The Labute approximate surface area is 111 Å². The van der Waals surface area contributed by atoms with Crippen LogP contribution in [-0.4, -0.2) is 48.6 Å². The summed E-state index contributed by atoms with van der Waals surface area (Å²) in [6, 6.07) is 11.9. The first-order valence-electron chi connectivity index (χ1n) is 6.89. The van der Waals surface area contributed by atoms with Gasteiger partial charge in [0, 0.05) is 31.7 Å². The van der Waals surface area contributed by atoms with Crippen LogP contribution in [0.15, 0.2) is 30.3 Å². The lowest BCUT2D eigenvalue weighted by Gasteiger charge is -2.44. The first kappa shape index (κ1) is 13.5. The van der Waals surface area contributed by atoms with Gasteiger partial charge in [-0.15, -0.1) is 0 Å². The van der Waals surface area contributed by atoms with Gasteiger partial charge in [0.25, 0.3) is 0 Å². The van der Waals surface area contributed by atoms with E-state index < -0.39 is 0 Å². The van der Waals surface area contributed by atoms with Crippen LogP contribution in [0.4, 0.5) is 0 Å². The summed E-state index contributed by atoms with van der Waals surface area (Å²) in [5.41, 5.74) is 7.16. The minimum absolute atomic E-state index is 0.587. The zero-order valence-corrected chi connectivity index (χ0v) is 11.5. The molecule has 0 radical (unpaired) electrons. The molecule has 0 aromatic heterocycles. The Kier molecular flexibility index (Phi) is 4.75. The third-order valence-corrected chi connectivity index (χ3v) is 3.84. The van der Waals surface area contributed by atoms with Gasteiger partial charge in [-0.25, -0.2) is 0 Å². The van der Waals surface area contributed by atoms with Crippen LogP contribution in [0, 0.1) is 0 Å². The highest BCUT2D eigenvalue weighted by Gasteiger charge is 2.29. The number of hydrogen-bond donors (Lipinski definition) is 1. The summed E-state index contributed by atoms with van der Waals surface area (Å²) < 4.78 is 0. The average molecular weight is 247 g/mol. The van der Waals surface area contributed by atoms with Crippen LogP contribution in [0.5, 0.6) is 0 Å². The summed E-state index contributed by atoms with van der Waals surface area (Å²) in [6.07, 6.45) is 1.08. The van der Waals surface area contributed by atoms with Crippen LogP contribution >= 0.6 is 0 Å². The highest BCUT2D eigenvalue weighted by molar-refractivity contribution is 5.15. The van der Waals surface area contributed by atoms with E-state index in [2.05, 4.69) is 54.1 Å². The molecular weight excluding hydrogens is 222 g/mol. The fourth-order valence-electron chi connectivity index (χ4n) is 2.98. The fraction of sp³-hybridized carbons (Fsp3) is 0.600. The molecular formula is C15H25N3. The first-order valence-corrected chi connectivity index (χ1v) is 6.89. The molecule has 2 rings (SSSR count). The van der Waals surface area contributed by atoms with E-state index in [9.17, 15) is 0 Å². The highest BCUT2D eigenvalue weighted by atomic mass is 15.3. The Morgan fingerprint density at radius 1 is 1.22 bits per heavy atom. The average Bonchev–Trinajstić information content (AvgIpc) is 2.35. The number of piperazine rings is 1. The topological polar surface area (TPSA) is 32.5 Å². The summed E-state index contributed by atoms with van der Waals surface area (Å²) in [7, 11) is 2.21. The third-order valence-electron chi connectivity index (χ3n) is 3.84. The van der Waals surface area contributed by atoms with E-state index in [1.807, 2.05) is 0 Å². The molecule has 1 aromatic carbocycles. The van der Waals surface area contributed by atoms with Crippen LogP contribution in [0.3, 0.4) is 0 Å². The Hall–Kier alpha value is -0.900. The molecule has 1 aliphatic rings. The fourth-order valence-corrected chi connectivity index (χ4v) is 2.98. The molecule has 1 saturated heterocycles. The van der Waals surface area contributed by atoms with Gasteiger partial charge in [-0.3, -0.25) is 4.90 Å². The number of nitrogens with zero attached hydrogens (tertiary/aromatic N) is 2. The zero-order valence-electron chi connectivity index (χ0n) is 11.5. The minimum Gasteiger partial charge on any atom is -0.330 e. The Morgan fingerprint density at radius 2 is 1.94 bits per heavy atom. The molecule has 1 heterocycles. The van der Waals surface area contributed by atoms with Gasteiger partial charge in [0.05, 0.1) is 0 Å². The molecule has 2 atom stereocenters. The molecule has 3 nitrogen and oxygen atoms in total. The van der Waals surface area contributed by atoms with E-state index in [4.69, 9.17) is 5.73 Å². The Morgan fingerprint density at radius 3 is 2.61 bits per heavy atom. The van der Waals surface area contributed by atoms with E-state index in [-0.39, 0.29) is 0 Å². The molecule has 0 amide bonds. The first-order chi connectivity index (χ1) is 8.70. The second-order valence-electron chi connectivity index (χ2n) is 5.46. The maximum absolute atomic E-state index is 5.76. The summed E-state index contributed by atoms with van der Waals surface area (Å²) in [5, 5.41) is 0. The number of rotatable bonds is 4. The third kappa shape index (κ3) is 3.31. The smallest absolute Gasteiger partial charge is 0.0241 e. The van der Waals surface area contributed by atoms with Gasteiger partial charge >= 0.3 is 0 Å². The Balaban J connectivity index is 2.07. The predicted molar refractivity (Wildman–Crippen MR) is 76.4 cm³/mol. The number of benzene rings is 1. The second-order valence-corrected chi connectivity index (χ2v) is 5.46. The molecule has 18 heavy (non-hydrogen) atoms. The Bertz CT molecular complexity index is 352. The van der Waals surface area contributed by atoms with E-state index >= 15 is 0 Å². The minimum atomic E-state index is 0.587. The molecule has 2 unspecified atom stereocenters. The van der Waals surface area contributed by atoms with E-state index in [1.165, 1.54) is 5.56 Å². The monoisotopic (exact) mass is 247 g/mol. The summed E-state index contributed by atoms with van der Waals surface area (Å²) in [5.74, 6) is 0. The molecule has 1 aliphatic heterocycles. The van der Waals surface area contributed by atoms with E-state index in [1.54, 1.807) is 0 Å². The van der Waals surface area contributed by atoms with Gasteiger partial charge in [-0.05, 0) is 32.5 Å². The highest BCUT2D eigenvalue weighted by Crippen LogP contribution is 2.20. The lowest BCUT2D eigenvalue weighted by Crippen LogP contribution is -2.56. The lowest BCUT2D eigenvalue weighted by atomic mass is 10.0. The molecule has 3 heteroatoms.